The van der Waals surface area contributed by atoms with Crippen LogP contribution in [-0.2, 0) is 17.8 Å². The summed E-state index contributed by atoms with van der Waals surface area (Å²) in [4.78, 5) is 22.5. The molecular weight excluding hydrogens is 517 g/mol. The first-order valence-electron chi connectivity index (χ1n) is 14.9. The topological polar surface area (TPSA) is 44.2 Å². The Hall–Kier alpha value is -3.20. The molecule has 0 spiro atoms. The van der Waals surface area contributed by atoms with Gasteiger partial charge in [-0.15, -0.1) is 0 Å². The molecule has 3 aromatic rings. The molecular formula is C33H44FN5O2. The highest BCUT2D eigenvalue weighted by Gasteiger charge is 2.20. The maximum atomic E-state index is 13.2. The molecule has 3 heterocycles. The number of methoxy groups -OCH3 is 1. The minimum atomic E-state index is -0.200. The fraction of sp³-hybridized carbons (Fsp3) is 0.485. The van der Waals surface area contributed by atoms with Gasteiger partial charge in [0.15, 0.2) is 0 Å². The number of rotatable bonds is 10. The lowest BCUT2D eigenvalue weighted by molar-refractivity contribution is -0.127. The van der Waals surface area contributed by atoms with Gasteiger partial charge < -0.3 is 24.0 Å². The number of halogens is 1. The first-order chi connectivity index (χ1) is 19.9. The van der Waals surface area contributed by atoms with Crippen LogP contribution in [0.4, 0.5) is 4.39 Å². The van der Waals surface area contributed by atoms with Gasteiger partial charge in [0.05, 0.1) is 7.11 Å². The van der Waals surface area contributed by atoms with E-state index < -0.39 is 0 Å². The average molecular weight is 562 g/mol. The molecule has 0 N–H and O–H groups in total. The van der Waals surface area contributed by atoms with E-state index in [1.54, 1.807) is 13.2 Å². The largest absolute Gasteiger partial charge is 0.497 e. The number of hydrogen-bond acceptors (Lipinski definition) is 5. The SMILES string of the molecule is COc1ccc2c(c1)c(/C=C/C(=O)N1CCN(CCc3ccc(F)cc3)CC1)c(C)n2CCCN1CCN(C)CC1. The molecule has 8 heteroatoms. The van der Waals surface area contributed by atoms with Crippen molar-refractivity contribution in [2.75, 3.05) is 79.6 Å². The van der Waals surface area contributed by atoms with Gasteiger partial charge in [0, 0.05) is 93.7 Å². The fourth-order valence-corrected chi connectivity index (χ4v) is 6.03. The van der Waals surface area contributed by atoms with Crippen molar-refractivity contribution in [2.24, 2.45) is 0 Å². The lowest BCUT2D eigenvalue weighted by Crippen LogP contribution is -2.48. The van der Waals surface area contributed by atoms with E-state index in [0.29, 0.717) is 13.1 Å². The van der Waals surface area contributed by atoms with Crippen LogP contribution in [0, 0.1) is 12.7 Å². The van der Waals surface area contributed by atoms with E-state index >= 15 is 0 Å². The molecule has 2 aliphatic heterocycles. The number of fused-ring (bicyclic) bond motifs is 1. The van der Waals surface area contributed by atoms with E-state index in [1.807, 2.05) is 29.2 Å². The van der Waals surface area contributed by atoms with Crippen molar-refractivity contribution >= 4 is 22.9 Å². The second kappa shape index (κ2) is 13.6. The molecule has 2 fully saturated rings. The van der Waals surface area contributed by atoms with Gasteiger partial charge in [-0.1, -0.05) is 12.1 Å². The molecule has 220 valence electrons. The van der Waals surface area contributed by atoms with Gasteiger partial charge in [0.2, 0.25) is 5.91 Å². The van der Waals surface area contributed by atoms with Gasteiger partial charge in [-0.25, -0.2) is 4.39 Å². The first kappa shape index (κ1) is 29.3. The van der Waals surface area contributed by atoms with Crippen LogP contribution >= 0.6 is 0 Å². The van der Waals surface area contributed by atoms with Gasteiger partial charge in [0.1, 0.15) is 11.6 Å². The zero-order valence-electron chi connectivity index (χ0n) is 24.8. The molecule has 0 radical (unpaired) electrons. The number of amides is 1. The van der Waals surface area contributed by atoms with Crippen LogP contribution in [0.3, 0.4) is 0 Å². The smallest absolute Gasteiger partial charge is 0.246 e. The van der Waals surface area contributed by atoms with Crippen molar-refractivity contribution in [1.29, 1.82) is 0 Å². The van der Waals surface area contributed by atoms with E-state index in [0.717, 1.165) is 94.0 Å². The van der Waals surface area contributed by atoms with Crippen molar-refractivity contribution in [3.63, 3.8) is 0 Å². The maximum absolute atomic E-state index is 13.2. The van der Waals surface area contributed by atoms with E-state index in [4.69, 9.17) is 4.74 Å². The highest BCUT2D eigenvalue weighted by Crippen LogP contribution is 2.31. The maximum Gasteiger partial charge on any atom is 0.246 e. The number of benzene rings is 2. The molecule has 0 saturated carbocycles. The zero-order valence-corrected chi connectivity index (χ0v) is 24.8. The molecule has 1 amide bonds. The monoisotopic (exact) mass is 561 g/mol. The molecule has 0 bridgehead atoms. The minimum Gasteiger partial charge on any atom is -0.497 e. The Labute approximate surface area is 243 Å². The molecule has 0 aliphatic carbocycles. The molecule has 2 aliphatic rings. The van der Waals surface area contributed by atoms with E-state index in [2.05, 4.69) is 45.4 Å². The van der Waals surface area contributed by atoms with Crippen LogP contribution < -0.4 is 4.74 Å². The van der Waals surface area contributed by atoms with Crippen LogP contribution in [0.5, 0.6) is 5.75 Å². The van der Waals surface area contributed by atoms with E-state index in [9.17, 15) is 9.18 Å². The summed E-state index contributed by atoms with van der Waals surface area (Å²) >= 11 is 0. The lowest BCUT2D eigenvalue weighted by atomic mass is 10.1. The number of nitrogens with zero attached hydrogens (tertiary/aromatic N) is 5. The Morgan fingerprint density at radius 1 is 0.902 bits per heavy atom. The number of likely N-dealkylation sites (N-methyl/N-ethyl adjacent to an activating group) is 1. The molecule has 2 aromatic carbocycles. The summed E-state index contributed by atoms with van der Waals surface area (Å²) in [6, 6.07) is 13.0. The number of aromatic nitrogens is 1. The van der Waals surface area contributed by atoms with Gasteiger partial charge in [-0.05, 0) is 75.3 Å². The fourth-order valence-electron chi connectivity index (χ4n) is 6.03. The van der Waals surface area contributed by atoms with Gasteiger partial charge >= 0.3 is 0 Å². The van der Waals surface area contributed by atoms with E-state index in [1.165, 1.54) is 23.3 Å². The molecule has 0 atom stereocenters. The highest BCUT2D eigenvalue weighted by molar-refractivity contribution is 5.98. The third-order valence-electron chi connectivity index (χ3n) is 8.74. The molecule has 7 nitrogen and oxygen atoms in total. The summed E-state index contributed by atoms with van der Waals surface area (Å²) in [5, 5.41) is 1.12. The Balaban J connectivity index is 1.20. The highest BCUT2D eigenvalue weighted by atomic mass is 19.1. The van der Waals surface area contributed by atoms with Crippen molar-refractivity contribution in [1.82, 2.24) is 24.2 Å². The average Bonchev–Trinajstić information content (AvgIpc) is 3.26. The predicted octanol–water partition coefficient (Wildman–Crippen LogP) is 4.14. The number of piperazine rings is 2. The number of aryl methyl sites for hydroxylation is 1. The van der Waals surface area contributed by atoms with Gasteiger partial charge in [-0.2, -0.15) is 0 Å². The first-order valence-corrected chi connectivity index (χ1v) is 14.9. The summed E-state index contributed by atoms with van der Waals surface area (Å²) < 4.78 is 21.1. The van der Waals surface area contributed by atoms with Crippen LogP contribution in [-0.4, -0.2) is 110 Å². The standard InChI is InChI=1S/C33H44FN5O2/c1-26-30(10-12-33(40)38-23-21-37(22-24-38)16-13-27-5-7-28(34)8-6-27)31-25-29(41-3)9-11-32(31)39(26)15-4-14-36-19-17-35(2)18-20-36/h5-12,25H,4,13-24H2,1-3H3/b12-10+. The second-order valence-corrected chi connectivity index (χ2v) is 11.4. The van der Waals surface area contributed by atoms with Crippen LogP contribution in [0.15, 0.2) is 48.5 Å². The summed E-state index contributed by atoms with van der Waals surface area (Å²) in [6.07, 6.45) is 5.71. The van der Waals surface area contributed by atoms with E-state index in [-0.39, 0.29) is 11.7 Å². The minimum absolute atomic E-state index is 0.0569. The molecule has 41 heavy (non-hydrogen) atoms. The van der Waals surface area contributed by atoms with Gasteiger partial charge in [0.25, 0.3) is 0 Å². The number of hydrogen-bond donors (Lipinski definition) is 0. The predicted molar refractivity (Wildman–Crippen MR) is 164 cm³/mol. The molecule has 1 aromatic heterocycles. The Morgan fingerprint density at radius 2 is 1.59 bits per heavy atom. The van der Waals surface area contributed by atoms with Crippen molar-refractivity contribution in [3.8, 4) is 5.75 Å². The Morgan fingerprint density at radius 3 is 2.29 bits per heavy atom. The second-order valence-electron chi connectivity index (χ2n) is 11.4. The molecule has 5 rings (SSSR count). The summed E-state index contributed by atoms with van der Waals surface area (Å²) in [5.74, 6) is 0.681. The summed E-state index contributed by atoms with van der Waals surface area (Å²) in [6.45, 7) is 12.8. The number of carbonyl (C=O) groups is 1. The van der Waals surface area contributed by atoms with Crippen LogP contribution in [0.25, 0.3) is 17.0 Å². The van der Waals surface area contributed by atoms with Crippen LogP contribution in [0.2, 0.25) is 0 Å². The molecule has 2 saturated heterocycles. The van der Waals surface area contributed by atoms with Crippen molar-refractivity contribution in [3.05, 3.63) is 71.2 Å². The quantitative estimate of drug-likeness (QED) is 0.349. The van der Waals surface area contributed by atoms with Crippen LogP contribution in [0.1, 0.15) is 23.2 Å². The van der Waals surface area contributed by atoms with Crippen molar-refractivity contribution in [2.45, 2.75) is 26.3 Å². The Bertz CT molecular complexity index is 1340. The third kappa shape index (κ3) is 7.36. The summed E-state index contributed by atoms with van der Waals surface area (Å²) in [7, 11) is 3.89. The van der Waals surface area contributed by atoms with Gasteiger partial charge in [-0.3, -0.25) is 9.69 Å². The molecule has 0 unspecified atom stereocenters. The lowest BCUT2D eigenvalue weighted by Gasteiger charge is -2.34. The number of carbonyl (C=O) groups excluding carboxylic acids is 1. The normalized spacial score (nSPS) is 17.6. The zero-order chi connectivity index (χ0) is 28.8. The summed E-state index contributed by atoms with van der Waals surface area (Å²) in [5.41, 5.74) is 4.59. The Kier molecular flexibility index (Phi) is 9.75. The third-order valence-corrected chi connectivity index (χ3v) is 8.74. The van der Waals surface area contributed by atoms with Crippen molar-refractivity contribution < 1.29 is 13.9 Å². The number of ether oxygens (including phenoxy) is 1.